The van der Waals surface area contributed by atoms with Crippen molar-refractivity contribution in [3.63, 3.8) is 0 Å². The van der Waals surface area contributed by atoms with E-state index < -0.39 is 11.4 Å². The average molecular weight is 213 g/mol. The highest BCUT2D eigenvalue weighted by molar-refractivity contribution is 5.92. The maximum absolute atomic E-state index is 11.8. The number of hydrogen-bond donors (Lipinski definition) is 1. The maximum Gasteiger partial charge on any atom is 0.341 e. The molecule has 2 aromatic rings. The zero-order valence-electron chi connectivity index (χ0n) is 8.18. The molecule has 0 aliphatic carbocycles. The van der Waals surface area contributed by atoms with Gasteiger partial charge in [-0.05, 0) is 12.1 Å². The van der Waals surface area contributed by atoms with Gasteiger partial charge in [-0.2, -0.15) is 0 Å². The van der Waals surface area contributed by atoms with Crippen LogP contribution in [0.5, 0.6) is 0 Å². The Hall–Kier alpha value is -2.54. The van der Waals surface area contributed by atoms with E-state index in [1.165, 1.54) is 4.57 Å². The maximum atomic E-state index is 11.8. The number of benzene rings is 1. The van der Waals surface area contributed by atoms with Crippen LogP contribution >= 0.6 is 0 Å². The van der Waals surface area contributed by atoms with E-state index in [9.17, 15) is 9.59 Å². The molecular weight excluding hydrogens is 206 g/mol. The molecule has 0 bridgehead atoms. The monoisotopic (exact) mass is 213 g/mol. The normalized spacial score (nSPS) is 9.94. The first-order valence-corrected chi connectivity index (χ1v) is 4.49. The van der Waals surface area contributed by atoms with Gasteiger partial charge in [0.15, 0.2) is 0 Å². The minimum atomic E-state index is -1.28. The van der Waals surface area contributed by atoms with Gasteiger partial charge in [0.2, 0.25) is 5.43 Å². The minimum Gasteiger partial charge on any atom is -0.477 e. The Morgan fingerprint density at radius 2 is 2.06 bits per heavy atom. The molecule has 0 atom stereocenters. The third kappa shape index (κ3) is 1.35. The van der Waals surface area contributed by atoms with Crippen LogP contribution in [0.3, 0.4) is 0 Å². The molecule has 1 aromatic heterocycles. The first-order valence-electron chi connectivity index (χ1n) is 4.49. The minimum absolute atomic E-state index is 0.306. The van der Waals surface area contributed by atoms with Gasteiger partial charge in [-0.3, -0.25) is 9.36 Å². The fraction of sp³-hybridized carbons (Fsp3) is 0. The summed E-state index contributed by atoms with van der Waals surface area (Å²) in [5.74, 6) is -1.28. The van der Waals surface area contributed by atoms with Crippen LogP contribution in [0, 0.1) is 12.5 Å². The summed E-state index contributed by atoms with van der Waals surface area (Å²) in [6, 6.07) is 8.92. The van der Waals surface area contributed by atoms with Crippen LogP contribution in [-0.4, -0.2) is 15.6 Å². The molecule has 4 nitrogen and oxygen atoms in total. The SMILES string of the molecule is C#Cn1cc(C(=O)O)c(=O)c2ccccc21. The lowest BCUT2D eigenvalue weighted by Crippen LogP contribution is -2.17. The largest absolute Gasteiger partial charge is 0.477 e. The third-order valence-corrected chi connectivity index (χ3v) is 2.28. The van der Waals surface area contributed by atoms with Crippen molar-refractivity contribution in [1.29, 1.82) is 0 Å². The number of para-hydroxylation sites is 1. The van der Waals surface area contributed by atoms with Crippen LogP contribution in [0.25, 0.3) is 10.9 Å². The zero-order chi connectivity index (χ0) is 11.7. The highest BCUT2D eigenvalue weighted by Gasteiger charge is 2.13. The van der Waals surface area contributed by atoms with Crippen molar-refractivity contribution in [3.05, 3.63) is 46.2 Å². The van der Waals surface area contributed by atoms with Gasteiger partial charge in [0.1, 0.15) is 5.56 Å². The van der Waals surface area contributed by atoms with Gasteiger partial charge < -0.3 is 5.11 Å². The molecule has 0 unspecified atom stereocenters. The van der Waals surface area contributed by atoms with E-state index in [0.717, 1.165) is 6.20 Å². The third-order valence-electron chi connectivity index (χ3n) is 2.28. The van der Waals surface area contributed by atoms with Gasteiger partial charge in [-0.1, -0.05) is 18.6 Å². The molecule has 16 heavy (non-hydrogen) atoms. The molecule has 1 N–H and O–H groups in total. The molecule has 78 valence electrons. The molecule has 0 saturated heterocycles. The van der Waals surface area contributed by atoms with E-state index in [2.05, 4.69) is 6.04 Å². The Labute approximate surface area is 90.8 Å². The summed E-state index contributed by atoms with van der Waals surface area (Å²) in [4.78, 5) is 22.6. The molecule has 0 amide bonds. The number of carbonyl (C=O) groups is 1. The number of nitrogens with zero attached hydrogens (tertiary/aromatic N) is 1. The van der Waals surface area contributed by atoms with E-state index in [1.54, 1.807) is 24.3 Å². The molecule has 0 fully saturated rings. The molecule has 1 heterocycles. The lowest BCUT2D eigenvalue weighted by Gasteiger charge is -2.04. The second kappa shape index (κ2) is 3.55. The standard InChI is InChI=1S/C12H7NO3/c1-2-13-7-9(12(15)16)11(14)8-5-3-4-6-10(8)13/h1,3-7H,(H,15,16). The van der Waals surface area contributed by atoms with E-state index >= 15 is 0 Å². The van der Waals surface area contributed by atoms with Crippen LogP contribution in [0.1, 0.15) is 10.4 Å². The van der Waals surface area contributed by atoms with E-state index in [0.29, 0.717) is 10.9 Å². The second-order valence-corrected chi connectivity index (χ2v) is 3.19. The Kier molecular flexibility index (Phi) is 2.22. The number of carboxylic acids is 1. The molecule has 0 aliphatic heterocycles. The van der Waals surface area contributed by atoms with Gasteiger partial charge in [-0.25, -0.2) is 4.79 Å². The Balaban J connectivity index is 3.02. The van der Waals surface area contributed by atoms with Crippen molar-refractivity contribution in [2.45, 2.75) is 0 Å². The lowest BCUT2D eigenvalue weighted by atomic mass is 10.1. The van der Waals surface area contributed by atoms with Crippen molar-refractivity contribution in [2.24, 2.45) is 0 Å². The highest BCUT2D eigenvalue weighted by atomic mass is 16.4. The number of terminal acetylenes is 1. The summed E-state index contributed by atoms with van der Waals surface area (Å²) >= 11 is 0. The lowest BCUT2D eigenvalue weighted by molar-refractivity contribution is 0.0695. The van der Waals surface area contributed by atoms with Gasteiger partial charge in [0, 0.05) is 17.6 Å². The summed E-state index contributed by atoms with van der Waals surface area (Å²) in [5, 5.41) is 9.17. The predicted octanol–water partition coefficient (Wildman–Crippen LogP) is 1.14. The molecule has 4 heteroatoms. The summed E-state index contributed by atoms with van der Waals surface area (Å²) in [7, 11) is 0. The van der Waals surface area contributed by atoms with Crippen molar-refractivity contribution < 1.29 is 9.90 Å². The zero-order valence-corrected chi connectivity index (χ0v) is 8.18. The second-order valence-electron chi connectivity index (χ2n) is 3.19. The predicted molar refractivity (Wildman–Crippen MR) is 59.4 cm³/mol. The smallest absolute Gasteiger partial charge is 0.341 e. The Morgan fingerprint density at radius 1 is 1.38 bits per heavy atom. The van der Waals surface area contributed by atoms with Gasteiger partial charge in [0.25, 0.3) is 0 Å². The average Bonchev–Trinajstić information content (AvgIpc) is 2.29. The van der Waals surface area contributed by atoms with E-state index in [-0.39, 0.29) is 5.56 Å². The van der Waals surface area contributed by atoms with Crippen LogP contribution < -0.4 is 5.43 Å². The summed E-state index contributed by atoms with van der Waals surface area (Å²) < 4.78 is 1.29. The topological polar surface area (TPSA) is 59.3 Å². The van der Waals surface area contributed by atoms with Crippen molar-refractivity contribution in [1.82, 2.24) is 4.57 Å². The highest BCUT2D eigenvalue weighted by Crippen LogP contribution is 2.10. The van der Waals surface area contributed by atoms with Crippen LogP contribution in [0.15, 0.2) is 35.3 Å². The first kappa shape index (κ1) is 9.99. The van der Waals surface area contributed by atoms with Crippen LogP contribution in [0.4, 0.5) is 0 Å². The fourth-order valence-electron chi connectivity index (χ4n) is 1.54. The number of carboxylic acid groups (broad SMARTS) is 1. The first-order chi connectivity index (χ1) is 7.65. The molecule has 0 radical (unpaired) electrons. The van der Waals surface area contributed by atoms with Crippen LogP contribution in [-0.2, 0) is 0 Å². The van der Waals surface area contributed by atoms with E-state index in [1.807, 2.05) is 0 Å². The van der Waals surface area contributed by atoms with E-state index in [4.69, 9.17) is 11.5 Å². The Bertz CT molecular complexity index is 677. The Morgan fingerprint density at radius 3 is 2.69 bits per heavy atom. The van der Waals surface area contributed by atoms with Crippen molar-refractivity contribution in [3.8, 4) is 12.5 Å². The molecule has 0 saturated carbocycles. The molecule has 0 aliphatic rings. The summed E-state index contributed by atoms with van der Waals surface area (Å²) in [6.07, 6.45) is 6.41. The van der Waals surface area contributed by atoms with Crippen LogP contribution in [0.2, 0.25) is 0 Å². The molecule has 1 aromatic carbocycles. The van der Waals surface area contributed by atoms with Crippen molar-refractivity contribution >= 4 is 16.9 Å². The van der Waals surface area contributed by atoms with Gasteiger partial charge in [-0.15, -0.1) is 0 Å². The molecular formula is C12H7NO3. The fourth-order valence-corrected chi connectivity index (χ4v) is 1.54. The molecule has 2 rings (SSSR count). The number of aromatic carboxylic acids is 1. The van der Waals surface area contributed by atoms with Gasteiger partial charge >= 0.3 is 5.97 Å². The number of fused-ring (bicyclic) bond motifs is 1. The summed E-state index contributed by atoms with van der Waals surface area (Å²) in [5.41, 5.74) is -0.314. The quantitative estimate of drug-likeness (QED) is 0.722. The molecule has 0 spiro atoms. The number of rotatable bonds is 1. The number of hydrogen-bond acceptors (Lipinski definition) is 2. The number of pyridine rings is 1. The number of aromatic nitrogens is 1. The van der Waals surface area contributed by atoms with Gasteiger partial charge in [0.05, 0.1) is 5.52 Å². The van der Waals surface area contributed by atoms with Crippen molar-refractivity contribution in [2.75, 3.05) is 0 Å². The summed E-state index contributed by atoms with van der Waals surface area (Å²) in [6.45, 7) is 0.